The number of hydrogen-bond acceptors (Lipinski definition) is 1. The van der Waals surface area contributed by atoms with E-state index in [9.17, 15) is 4.39 Å². The molecule has 22 heavy (non-hydrogen) atoms. The van der Waals surface area contributed by atoms with E-state index in [2.05, 4.69) is 16.4 Å². The molecule has 0 radical (unpaired) electrons. The number of anilines is 1. The fourth-order valence-electron chi connectivity index (χ4n) is 2.47. The van der Waals surface area contributed by atoms with E-state index in [0.717, 1.165) is 23.2 Å². The molecular weight excluding hydrogens is 277 g/mol. The third kappa shape index (κ3) is 4.58. The molecule has 0 aliphatic heterocycles. The summed E-state index contributed by atoms with van der Waals surface area (Å²) in [5.74, 6) is 0.186. The minimum Gasteiger partial charge on any atom is -0.370 e. The quantitative estimate of drug-likeness (QED) is 0.668. The van der Waals surface area contributed by atoms with E-state index in [0.29, 0.717) is 12.5 Å². The van der Waals surface area contributed by atoms with Crippen LogP contribution in [0.5, 0.6) is 0 Å². The number of aliphatic imine (C=N–C) groups is 1. The summed E-state index contributed by atoms with van der Waals surface area (Å²) in [6.45, 7) is 6.56. The van der Waals surface area contributed by atoms with Gasteiger partial charge in [-0.05, 0) is 73.7 Å². The number of halogens is 1. The van der Waals surface area contributed by atoms with Crippen LogP contribution in [0.25, 0.3) is 0 Å². The SMILES string of the molecule is Cc1cc(C)cc(NC(N)=NCCc2ccc(F)cc2C)c1. The largest absolute Gasteiger partial charge is 0.370 e. The fraction of sp³-hybridized carbons (Fsp3) is 0.278. The number of nitrogens with two attached hydrogens (primary N) is 1. The number of nitrogens with one attached hydrogen (secondary N) is 1. The lowest BCUT2D eigenvalue weighted by atomic mass is 10.1. The predicted molar refractivity (Wildman–Crippen MR) is 90.9 cm³/mol. The molecule has 0 saturated heterocycles. The summed E-state index contributed by atoms with van der Waals surface area (Å²) >= 11 is 0. The minimum atomic E-state index is -0.208. The molecule has 0 aliphatic rings. The van der Waals surface area contributed by atoms with Gasteiger partial charge < -0.3 is 11.1 Å². The molecule has 0 heterocycles. The Morgan fingerprint density at radius 1 is 1.09 bits per heavy atom. The van der Waals surface area contributed by atoms with Crippen LogP contribution in [0, 0.1) is 26.6 Å². The Morgan fingerprint density at radius 2 is 1.77 bits per heavy atom. The highest BCUT2D eigenvalue weighted by Gasteiger charge is 2.01. The van der Waals surface area contributed by atoms with E-state index >= 15 is 0 Å². The monoisotopic (exact) mass is 299 g/mol. The van der Waals surface area contributed by atoms with Crippen LogP contribution < -0.4 is 11.1 Å². The molecule has 0 unspecified atom stereocenters. The fourth-order valence-corrected chi connectivity index (χ4v) is 2.47. The second-order valence-electron chi connectivity index (χ2n) is 5.59. The molecule has 2 aromatic rings. The second kappa shape index (κ2) is 7.07. The number of rotatable bonds is 4. The lowest BCUT2D eigenvalue weighted by Crippen LogP contribution is -2.23. The molecule has 3 nitrogen and oxygen atoms in total. The number of benzene rings is 2. The first-order valence-corrected chi connectivity index (χ1v) is 7.34. The van der Waals surface area contributed by atoms with Gasteiger partial charge in [-0.25, -0.2) is 4.39 Å². The van der Waals surface area contributed by atoms with Crippen LogP contribution in [0.3, 0.4) is 0 Å². The summed E-state index contributed by atoms with van der Waals surface area (Å²) < 4.78 is 13.0. The molecule has 2 aromatic carbocycles. The molecule has 0 spiro atoms. The van der Waals surface area contributed by atoms with Gasteiger partial charge in [0.05, 0.1) is 0 Å². The van der Waals surface area contributed by atoms with Gasteiger partial charge in [0.15, 0.2) is 5.96 Å². The molecular formula is C18H22FN3. The van der Waals surface area contributed by atoms with Crippen LogP contribution in [0.4, 0.5) is 10.1 Å². The molecule has 2 rings (SSSR count). The summed E-state index contributed by atoms with van der Waals surface area (Å²) in [6, 6.07) is 11.0. The lowest BCUT2D eigenvalue weighted by molar-refractivity contribution is 0.625. The van der Waals surface area contributed by atoms with Gasteiger partial charge in [0.2, 0.25) is 0 Å². The van der Waals surface area contributed by atoms with Crippen LogP contribution in [-0.2, 0) is 6.42 Å². The number of nitrogens with zero attached hydrogens (tertiary/aromatic N) is 1. The Kier molecular flexibility index (Phi) is 5.15. The molecule has 4 heteroatoms. The molecule has 0 saturated carbocycles. The van der Waals surface area contributed by atoms with Crippen molar-refractivity contribution in [1.82, 2.24) is 0 Å². The zero-order valence-electron chi connectivity index (χ0n) is 13.3. The molecule has 0 fully saturated rings. The molecule has 0 amide bonds. The van der Waals surface area contributed by atoms with E-state index < -0.39 is 0 Å². The summed E-state index contributed by atoms with van der Waals surface area (Å²) in [6.07, 6.45) is 0.737. The van der Waals surface area contributed by atoms with Crippen molar-refractivity contribution < 1.29 is 4.39 Å². The third-order valence-electron chi connectivity index (χ3n) is 3.46. The highest BCUT2D eigenvalue weighted by atomic mass is 19.1. The highest BCUT2D eigenvalue weighted by Crippen LogP contribution is 2.13. The van der Waals surface area contributed by atoms with Crippen LogP contribution in [0.15, 0.2) is 41.4 Å². The normalized spacial score (nSPS) is 11.5. The summed E-state index contributed by atoms with van der Waals surface area (Å²) in [5, 5.41) is 3.10. The van der Waals surface area contributed by atoms with Crippen molar-refractivity contribution in [1.29, 1.82) is 0 Å². The second-order valence-corrected chi connectivity index (χ2v) is 5.59. The predicted octanol–water partition coefficient (Wildman–Crippen LogP) is 3.72. The van der Waals surface area contributed by atoms with E-state index in [-0.39, 0.29) is 5.82 Å². The van der Waals surface area contributed by atoms with E-state index in [1.165, 1.54) is 23.3 Å². The first-order valence-electron chi connectivity index (χ1n) is 7.34. The Labute approximate surface area is 131 Å². The summed E-state index contributed by atoms with van der Waals surface area (Å²) in [4.78, 5) is 4.33. The average molecular weight is 299 g/mol. The Hall–Kier alpha value is -2.36. The van der Waals surface area contributed by atoms with Crippen molar-refractivity contribution in [2.75, 3.05) is 11.9 Å². The van der Waals surface area contributed by atoms with Crippen molar-refractivity contribution in [3.05, 3.63) is 64.5 Å². The first-order chi connectivity index (χ1) is 10.4. The van der Waals surface area contributed by atoms with E-state index in [4.69, 9.17) is 5.73 Å². The maximum atomic E-state index is 13.0. The van der Waals surface area contributed by atoms with Crippen LogP contribution in [-0.4, -0.2) is 12.5 Å². The zero-order chi connectivity index (χ0) is 16.1. The lowest BCUT2D eigenvalue weighted by Gasteiger charge is -2.08. The molecule has 0 aliphatic carbocycles. The Balaban J connectivity index is 1.95. The number of guanidine groups is 1. The Morgan fingerprint density at radius 3 is 2.41 bits per heavy atom. The maximum Gasteiger partial charge on any atom is 0.193 e. The van der Waals surface area contributed by atoms with Crippen LogP contribution in [0.2, 0.25) is 0 Å². The topological polar surface area (TPSA) is 50.4 Å². The number of hydrogen-bond donors (Lipinski definition) is 2. The van der Waals surface area contributed by atoms with Gasteiger partial charge in [0.25, 0.3) is 0 Å². The molecule has 0 bridgehead atoms. The van der Waals surface area contributed by atoms with Crippen molar-refractivity contribution in [3.8, 4) is 0 Å². The smallest absolute Gasteiger partial charge is 0.193 e. The van der Waals surface area contributed by atoms with Gasteiger partial charge in [0.1, 0.15) is 5.82 Å². The first kappa shape index (κ1) is 16.0. The van der Waals surface area contributed by atoms with Crippen LogP contribution in [0.1, 0.15) is 22.3 Å². The zero-order valence-corrected chi connectivity index (χ0v) is 13.3. The minimum absolute atomic E-state index is 0.208. The van der Waals surface area contributed by atoms with Gasteiger partial charge in [-0.15, -0.1) is 0 Å². The van der Waals surface area contributed by atoms with Crippen molar-refractivity contribution in [3.63, 3.8) is 0 Å². The summed E-state index contributed by atoms with van der Waals surface area (Å²) in [5.41, 5.74) is 11.2. The summed E-state index contributed by atoms with van der Waals surface area (Å²) in [7, 11) is 0. The molecule has 116 valence electrons. The highest BCUT2D eigenvalue weighted by molar-refractivity contribution is 5.92. The van der Waals surface area contributed by atoms with Gasteiger partial charge in [-0.3, -0.25) is 4.99 Å². The molecule has 0 atom stereocenters. The standard InChI is InChI=1S/C18H22FN3/c1-12-8-13(2)10-17(9-12)22-18(20)21-7-6-15-4-5-16(19)11-14(15)3/h4-5,8-11H,6-7H2,1-3H3,(H3,20,21,22). The van der Waals surface area contributed by atoms with Crippen LogP contribution >= 0.6 is 0 Å². The Bertz CT molecular complexity index is 672. The van der Waals surface area contributed by atoms with Gasteiger partial charge >= 0.3 is 0 Å². The van der Waals surface area contributed by atoms with Crippen molar-refractivity contribution in [2.45, 2.75) is 27.2 Å². The van der Waals surface area contributed by atoms with Crippen molar-refractivity contribution in [2.24, 2.45) is 10.7 Å². The van der Waals surface area contributed by atoms with Gasteiger partial charge in [-0.1, -0.05) is 12.1 Å². The van der Waals surface area contributed by atoms with E-state index in [1.54, 1.807) is 6.07 Å². The maximum absolute atomic E-state index is 13.0. The third-order valence-corrected chi connectivity index (χ3v) is 3.46. The molecule has 0 aromatic heterocycles. The number of aryl methyl sites for hydroxylation is 3. The average Bonchev–Trinajstić information content (AvgIpc) is 2.40. The van der Waals surface area contributed by atoms with Gasteiger partial charge in [0, 0.05) is 12.2 Å². The van der Waals surface area contributed by atoms with E-state index in [1.807, 2.05) is 32.9 Å². The molecule has 3 N–H and O–H groups in total. The van der Waals surface area contributed by atoms with Gasteiger partial charge in [-0.2, -0.15) is 0 Å². The van der Waals surface area contributed by atoms with Crippen molar-refractivity contribution >= 4 is 11.6 Å².